The Morgan fingerprint density at radius 2 is 1.59 bits per heavy atom. The predicted octanol–water partition coefficient (Wildman–Crippen LogP) is 5.54. The fourth-order valence-electron chi connectivity index (χ4n) is 2.65. The second-order valence-electron chi connectivity index (χ2n) is 6.21. The highest BCUT2D eigenvalue weighted by molar-refractivity contribution is 5.91. The Morgan fingerprint density at radius 1 is 0.889 bits per heavy atom. The summed E-state index contributed by atoms with van der Waals surface area (Å²) in [6.45, 7) is 2.93. The van der Waals surface area contributed by atoms with Crippen LogP contribution in [0, 0.1) is 0 Å². The molecular formula is C23H23NO3. The van der Waals surface area contributed by atoms with E-state index < -0.39 is 5.97 Å². The summed E-state index contributed by atoms with van der Waals surface area (Å²) in [5, 5.41) is 0. The Bertz CT molecular complexity index is 843. The molecule has 0 saturated carbocycles. The van der Waals surface area contributed by atoms with Crippen molar-refractivity contribution in [2.45, 2.75) is 26.2 Å². The van der Waals surface area contributed by atoms with Gasteiger partial charge in [-0.15, -0.1) is 0 Å². The summed E-state index contributed by atoms with van der Waals surface area (Å²) in [5.74, 6) is 0.752. The maximum absolute atomic E-state index is 12.2. The number of carbonyl (C=O) groups excluding carboxylic acids is 1. The number of hydrogen-bond donors (Lipinski definition) is 0. The molecule has 0 saturated heterocycles. The van der Waals surface area contributed by atoms with E-state index in [1.165, 1.54) is 12.8 Å². The van der Waals surface area contributed by atoms with Gasteiger partial charge in [0.1, 0.15) is 5.75 Å². The van der Waals surface area contributed by atoms with E-state index in [4.69, 9.17) is 9.47 Å². The van der Waals surface area contributed by atoms with E-state index in [1.807, 2.05) is 36.4 Å². The van der Waals surface area contributed by atoms with Gasteiger partial charge in [0.15, 0.2) is 0 Å². The van der Waals surface area contributed by atoms with Crippen LogP contribution in [0.4, 0.5) is 0 Å². The lowest BCUT2D eigenvalue weighted by Gasteiger charge is -2.08. The van der Waals surface area contributed by atoms with Gasteiger partial charge in [0.2, 0.25) is 5.88 Å². The van der Waals surface area contributed by atoms with Crippen molar-refractivity contribution in [2.24, 2.45) is 0 Å². The average Bonchev–Trinajstić information content (AvgIpc) is 2.72. The van der Waals surface area contributed by atoms with E-state index in [0.717, 1.165) is 29.9 Å². The van der Waals surface area contributed by atoms with Crippen LogP contribution in [0.3, 0.4) is 0 Å². The van der Waals surface area contributed by atoms with Crippen LogP contribution in [0.25, 0.3) is 11.1 Å². The molecule has 138 valence electrons. The summed E-state index contributed by atoms with van der Waals surface area (Å²) in [7, 11) is 0. The van der Waals surface area contributed by atoms with Crippen LogP contribution < -0.4 is 9.47 Å². The van der Waals surface area contributed by atoms with Gasteiger partial charge in [-0.1, -0.05) is 50.1 Å². The molecule has 3 rings (SSSR count). The van der Waals surface area contributed by atoms with Crippen LogP contribution in [-0.4, -0.2) is 17.6 Å². The Morgan fingerprint density at radius 3 is 2.22 bits per heavy atom. The average molecular weight is 361 g/mol. The molecule has 0 atom stereocenters. The smallest absolute Gasteiger partial charge is 0.344 e. The van der Waals surface area contributed by atoms with Crippen molar-refractivity contribution in [1.82, 2.24) is 4.98 Å². The molecule has 0 unspecified atom stereocenters. The van der Waals surface area contributed by atoms with Gasteiger partial charge < -0.3 is 9.47 Å². The number of nitrogens with zero attached hydrogens (tertiary/aromatic N) is 1. The standard InChI is InChI=1S/C23H23NO3/c1-2-3-6-17-26-21-14-12-19(13-15-21)18-8-10-20(11-9-18)23(25)27-22-7-4-5-16-24-22/h4-5,7-16H,2-3,6,17H2,1H3. The second kappa shape index (κ2) is 9.53. The molecule has 0 bridgehead atoms. The molecule has 2 aromatic carbocycles. The fourth-order valence-corrected chi connectivity index (χ4v) is 2.65. The number of pyridine rings is 1. The molecule has 0 amide bonds. The number of esters is 1. The molecule has 0 radical (unpaired) electrons. The first-order valence-electron chi connectivity index (χ1n) is 9.23. The first kappa shape index (κ1) is 18.6. The molecule has 0 spiro atoms. The number of rotatable bonds is 8. The Labute approximate surface area is 159 Å². The Kier molecular flexibility index (Phi) is 6.58. The molecule has 0 N–H and O–H groups in total. The van der Waals surface area contributed by atoms with E-state index in [-0.39, 0.29) is 0 Å². The van der Waals surface area contributed by atoms with Crippen molar-refractivity contribution < 1.29 is 14.3 Å². The highest BCUT2D eigenvalue weighted by Gasteiger charge is 2.09. The first-order valence-corrected chi connectivity index (χ1v) is 9.23. The van der Waals surface area contributed by atoms with Crippen molar-refractivity contribution in [2.75, 3.05) is 6.61 Å². The van der Waals surface area contributed by atoms with E-state index in [2.05, 4.69) is 11.9 Å². The maximum atomic E-state index is 12.2. The third-order valence-electron chi connectivity index (χ3n) is 4.16. The molecule has 0 aliphatic heterocycles. The van der Waals surface area contributed by atoms with Gasteiger partial charge in [-0.05, 0) is 47.9 Å². The maximum Gasteiger partial charge on any atom is 0.344 e. The number of aromatic nitrogens is 1. The van der Waals surface area contributed by atoms with Crippen molar-refractivity contribution in [3.05, 3.63) is 78.5 Å². The summed E-state index contributed by atoms with van der Waals surface area (Å²) in [5.41, 5.74) is 2.59. The molecule has 3 aromatic rings. The minimum absolute atomic E-state index is 0.293. The summed E-state index contributed by atoms with van der Waals surface area (Å²) < 4.78 is 11.0. The fraction of sp³-hybridized carbons (Fsp3) is 0.217. The highest BCUT2D eigenvalue weighted by atomic mass is 16.5. The molecule has 0 aliphatic rings. The summed E-state index contributed by atoms with van der Waals surface area (Å²) in [4.78, 5) is 16.2. The van der Waals surface area contributed by atoms with Crippen molar-refractivity contribution in [1.29, 1.82) is 0 Å². The van der Waals surface area contributed by atoms with E-state index in [1.54, 1.807) is 36.5 Å². The van der Waals surface area contributed by atoms with Gasteiger partial charge in [0.05, 0.1) is 12.2 Å². The summed E-state index contributed by atoms with van der Waals surface area (Å²) in [6, 6.07) is 20.5. The van der Waals surface area contributed by atoms with Crippen LogP contribution in [0.1, 0.15) is 36.5 Å². The second-order valence-corrected chi connectivity index (χ2v) is 6.21. The minimum Gasteiger partial charge on any atom is -0.494 e. The van der Waals surface area contributed by atoms with Crippen molar-refractivity contribution in [3.8, 4) is 22.8 Å². The zero-order chi connectivity index (χ0) is 18.9. The van der Waals surface area contributed by atoms with Crippen LogP contribution in [-0.2, 0) is 0 Å². The van der Waals surface area contributed by atoms with Gasteiger partial charge in [-0.3, -0.25) is 0 Å². The lowest BCUT2D eigenvalue weighted by atomic mass is 10.0. The first-order chi connectivity index (χ1) is 13.3. The van der Waals surface area contributed by atoms with E-state index in [0.29, 0.717) is 11.4 Å². The lowest BCUT2D eigenvalue weighted by molar-refractivity contribution is 0.0727. The SMILES string of the molecule is CCCCCOc1ccc(-c2ccc(C(=O)Oc3ccccn3)cc2)cc1. The Balaban J connectivity index is 1.60. The van der Waals surface area contributed by atoms with Crippen LogP contribution in [0.5, 0.6) is 11.6 Å². The van der Waals surface area contributed by atoms with Gasteiger partial charge in [0.25, 0.3) is 0 Å². The summed E-state index contributed by atoms with van der Waals surface area (Å²) >= 11 is 0. The van der Waals surface area contributed by atoms with Gasteiger partial charge >= 0.3 is 5.97 Å². The van der Waals surface area contributed by atoms with Crippen molar-refractivity contribution in [3.63, 3.8) is 0 Å². The van der Waals surface area contributed by atoms with Crippen LogP contribution in [0.15, 0.2) is 72.9 Å². The van der Waals surface area contributed by atoms with Crippen molar-refractivity contribution >= 4 is 5.97 Å². The zero-order valence-corrected chi connectivity index (χ0v) is 15.4. The molecule has 0 aliphatic carbocycles. The molecule has 27 heavy (non-hydrogen) atoms. The van der Waals surface area contributed by atoms with Crippen LogP contribution in [0.2, 0.25) is 0 Å². The van der Waals surface area contributed by atoms with Gasteiger partial charge in [-0.2, -0.15) is 0 Å². The number of unbranched alkanes of at least 4 members (excludes halogenated alkanes) is 2. The molecular weight excluding hydrogens is 338 g/mol. The normalized spacial score (nSPS) is 10.4. The Hall–Kier alpha value is -3.14. The molecule has 0 fully saturated rings. The minimum atomic E-state index is -0.420. The monoisotopic (exact) mass is 361 g/mol. The third kappa shape index (κ3) is 5.42. The van der Waals surface area contributed by atoms with Gasteiger partial charge in [-0.25, -0.2) is 9.78 Å². The number of benzene rings is 2. The third-order valence-corrected chi connectivity index (χ3v) is 4.16. The predicted molar refractivity (Wildman–Crippen MR) is 106 cm³/mol. The molecule has 4 nitrogen and oxygen atoms in total. The molecule has 4 heteroatoms. The quantitative estimate of drug-likeness (QED) is 0.390. The lowest BCUT2D eigenvalue weighted by Crippen LogP contribution is -2.09. The molecule has 1 heterocycles. The van der Waals surface area contributed by atoms with Crippen LogP contribution >= 0.6 is 0 Å². The van der Waals surface area contributed by atoms with E-state index in [9.17, 15) is 4.79 Å². The largest absolute Gasteiger partial charge is 0.494 e. The number of ether oxygens (including phenoxy) is 2. The topological polar surface area (TPSA) is 48.4 Å². The highest BCUT2D eigenvalue weighted by Crippen LogP contribution is 2.23. The van der Waals surface area contributed by atoms with E-state index >= 15 is 0 Å². The zero-order valence-electron chi connectivity index (χ0n) is 15.4. The van der Waals surface area contributed by atoms with Gasteiger partial charge in [0, 0.05) is 12.3 Å². The number of hydrogen-bond acceptors (Lipinski definition) is 4. The molecule has 1 aromatic heterocycles. The number of carbonyl (C=O) groups is 1. The summed E-state index contributed by atoms with van der Waals surface area (Å²) in [6.07, 6.45) is 5.04.